The number of esters is 1. The minimum atomic E-state index is -1.82. The fraction of sp³-hybridized carbons (Fsp3) is 0.700. The van der Waals surface area contributed by atoms with Gasteiger partial charge in [0.2, 0.25) is 0 Å². The van der Waals surface area contributed by atoms with E-state index in [4.69, 9.17) is 24.5 Å². The molecule has 0 aliphatic carbocycles. The zero-order valence-electron chi connectivity index (χ0n) is 9.51. The van der Waals surface area contributed by atoms with Gasteiger partial charge in [0.15, 0.2) is 0 Å². The van der Waals surface area contributed by atoms with E-state index in [1.54, 1.807) is 0 Å². The molecule has 2 aliphatic heterocycles. The Hall–Kier alpha value is -1.63. The minimum absolute atomic E-state index is 0.00231. The number of carboxylic acid groups (broad SMARTS) is 2. The Morgan fingerprint density at radius 1 is 1.12 bits per heavy atom. The van der Waals surface area contributed by atoms with Gasteiger partial charge in [0.25, 0.3) is 0 Å². The number of rotatable bonds is 1. The number of piperidine rings is 1. The van der Waals surface area contributed by atoms with Crippen molar-refractivity contribution >= 4 is 17.9 Å². The molecule has 96 valence electrons. The van der Waals surface area contributed by atoms with Gasteiger partial charge in [-0.15, -0.1) is 0 Å². The Balaban J connectivity index is 0.000000209. The van der Waals surface area contributed by atoms with Crippen LogP contribution in [0.4, 0.5) is 0 Å². The second-order valence-electron chi connectivity index (χ2n) is 4.16. The first-order valence-corrected chi connectivity index (χ1v) is 5.18. The van der Waals surface area contributed by atoms with Gasteiger partial charge >= 0.3 is 17.9 Å². The van der Waals surface area contributed by atoms with Crippen LogP contribution >= 0.6 is 0 Å². The molecule has 0 aromatic carbocycles. The predicted molar refractivity (Wildman–Crippen MR) is 55.4 cm³/mol. The van der Waals surface area contributed by atoms with Crippen LogP contribution in [0.1, 0.15) is 12.8 Å². The lowest BCUT2D eigenvalue weighted by atomic mass is 9.85. The van der Waals surface area contributed by atoms with Crippen molar-refractivity contribution in [1.82, 2.24) is 4.90 Å². The summed E-state index contributed by atoms with van der Waals surface area (Å²) in [5.41, 5.74) is -0.116. The number of carbonyl (C=O) groups is 3. The van der Waals surface area contributed by atoms with Gasteiger partial charge in [0.05, 0.1) is 12.5 Å². The molecule has 2 bridgehead atoms. The van der Waals surface area contributed by atoms with Gasteiger partial charge < -0.3 is 19.8 Å². The van der Waals surface area contributed by atoms with Crippen molar-refractivity contribution in [3.63, 3.8) is 0 Å². The average Bonchev–Trinajstić information content (AvgIpc) is 2.89. The van der Waals surface area contributed by atoms with Crippen molar-refractivity contribution in [1.29, 1.82) is 0 Å². The fourth-order valence-electron chi connectivity index (χ4n) is 2.21. The van der Waals surface area contributed by atoms with Crippen LogP contribution in [0.3, 0.4) is 0 Å². The monoisotopic (exact) mass is 245 g/mol. The van der Waals surface area contributed by atoms with E-state index in [1.807, 2.05) is 0 Å². The molecule has 0 spiro atoms. The van der Waals surface area contributed by atoms with E-state index in [0.29, 0.717) is 0 Å². The van der Waals surface area contributed by atoms with Gasteiger partial charge in [-0.05, 0) is 25.9 Å². The second kappa shape index (κ2) is 5.13. The maximum atomic E-state index is 11.3. The van der Waals surface area contributed by atoms with E-state index in [-0.39, 0.29) is 11.4 Å². The van der Waals surface area contributed by atoms with E-state index in [0.717, 1.165) is 32.5 Å². The Bertz CT molecular complexity index is 320. The molecule has 0 atom stereocenters. The number of hydrogen-bond acceptors (Lipinski definition) is 5. The minimum Gasteiger partial charge on any atom is -0.473 e. The number of hydrogen-bond donors (Lipinski definition) is 2. The van der Waals surface area contributed by atoms with E-state index >= 15 is 0 Å². The van der Waals surface area contributed by atoms with Gasteiger partial charge in [0, 0.05) is 6.54 Å². The van der Waals surface area contributed by atoms with Gasteiger partial charge in [0.1, 0.15) is 0 Å². The van der Waals surface area contributed by atoms with E-state index in [2.05, 4.69) is 4.90 Å². The molecule has 17 heavy (non-hydrogen) atoms. The molecule has 0 amide bonds. The highest BCUT2D eigenvalue weighted by atomic mass is 16.5. The van der Waals surface area contributed by atoms with Crippen LogP contribution in [0.15, 0.2) is 0 Å². The molecule has 2 aliphatic rings. The van der Waals surface area contributed by atoms with Crippen LogP contribution in [0.25, 0.3) is 0 Å². The summed E-state index contributed by atoms with van der Waals surface area (Å²) in [4.78, 5) is 31.9. The maximum Gasteiger partial charge on any atom is 0.414 e. The van der Waals surface area contributed by atoms with Crippen molar-refractivity contribution in [2.75, 3.05) is 26.7 Å². The molecule has 0 saturated carbocycles. The first-order valence-electron chi connectivity index (χ1n) is 5.18. The largest absolute Gasteiger partial charge is 0.473 e. The number of carbonyl (C=O) groups excluding carboxylic acids is 1. The van der Waals surface area contributed by atoms with Crippen LogP contribution in [0.2, 0.25) is 0 Å². The highest BCUT2D eigenvalue weighted by molar-refractivity contribution is 6.27. The van der Waals surface area contributed by atoms with Crippen molar-refractivity contribution < 1.29 is 29.3 Å². The number of nitrogens with zero attached hydrogens (tertiary/aromatic N) is 1. The van der Waals surface area contributed by atoms with Crippen LogP contribution in [-0.2, 0) is 19.1 Å². The van der Waals surface area contributed by atoms with E-state index in [1.165, 1.54) is 7.11 Å². The lowest BCUT2D eigenvalue weighted by Gasteiger charge is -2.21. The van der Waals surface area contributed by atoms with Gasteiger partial charge in [-0.1, -0.05) is 0 Å². The number of methoxy groups -OCH3 is 1. The molecule has 2 fully saturated rings. The van der Waals surface area contributed by atoms with Crippen LogP contribution in [0, 0.1) is 5.41 Å². The SMILES string of the molecule is COC(=O)C12CCN(CC1)C2.O=C(O)C(=O)O. The summed E-state index contributed by atoms with van der Waals surface area (Å²) in [6.07, 6.45) is 2.00. The summed E-state index contributed by atoms with van der Waals surface area (Å²) in [6.45, 7) is 3.09. The van der Waals surface area contributed by atoms with Crippen molar-refractivity contribution in [3.8, 4) is 0 Å². The van der Waals surface area contributed by atoms with E-state index < -0.39 is 11.9 Å². The smallest absolute Gasteiger partial charge is 0.414 e. The first kappa shape index (κ1) is 13.4. The molecule has 2 rings (SSSR count). The molecule has 2 N–H and O–H groups in total. The third kappa shape index (κ3) is 2.94. The summed E-state index contributed by atoms with van der Waals surface area (Å²) < 4.78 is 4.79. The molecule has 7 nitrogen and oxygen atoms in total. The summed E-state index contributed by atoms with van der Waals surface area (Å²) in [6, 6.07) is 0. The third-order valence-corrected chi connectivity index (χ3v) is 3.14. The van der Waals surface area contributed by atoms with E-state index in [9.17, 15) is 4.79 Å². The summed E-state index contributed by atoms with van der Waals surface area (Å²) >= 11 is 0. The molecule has 2 heterocycles. The normalized spacial score (nSPS) is 29.1. The Morgan fingerprint density at radius 3 is 1.82 bits per heavy atom. The van der Waals surface area contributed by atoms with Gasteiger partial charge in [-0.3, -0.25) is 4.79 Å². The summed E-state index contributed by atoms with van der Waals surface area (Å²) in [7, 11) is 1.48. The lowest BCUT2D eigenvalue weighted by molar-refractivity contribution is -0.159. The predicted octanol–water partition coefficient (Wildman–Crippen LogP) is -0.589. The number of fused-ring (bicyclic) bond motifs is 2. The topological polar surface area (TPSA) is 104 Å². The lowest BCUT2D eigenvalue weighted by Crippen LogP contribution is -2.30. The van der Waals surface area contributed by atoms with Crippen LogP contribution < -0.4 is 0 Å². The quantitative estimate of drug-likeness (QED) is 0.470. The first-order chi connectivity index (χ1) is 7.91. The molecule has 0 unspecified atom stereocenters. The molecule has 7 heteroatoms. The molecule has 2 saturated heterocycles. The van der Waals surface area contributed by atoms with Crippen molar-refractivity contribution in [3.05, 3.63) is 0 Å². The molecule has 0 radical (unpaired) electrons. The molecule has 0 aromatic heterocycles. The summed E-state index contributed by atoms with van der Waals surface area (Å²) in [5, 5.41) is 14.8. The number of ether oxygens (including phenoxy) is 1. The highest BCUT2D eigenvalue weighted by Crippen LogP contribution is 2.41. The average molecular weight is 245 g/mol. The maximum absolute atomic E-state index is 11.3. The third-order valence-electron chi connectivity index (χ3n) is 3.14. The Morgan fingerprint density at radius 2 is 1.59 bits per heavy atom. The van der Waals surface area contributed by atoms with Crippen LogP contribution in [0.5, 0.6) is 0 Å². The summed E-state index contributed by atoms with van der Waals surface area (Å²) in [5.74, 6) is -3.65. The van der Waals surface area contributed by atoms with Crippen LogP contribution in [-0.4, -0.2) is 59.8 Å². The van der Waals surface area contributed by atoms with Gasteiger partial charge in [-0.25, -0.2) is 9.59 Å². The number of carboxylic acids is 2. The number of aliphatic carboxylic acids is 2. The zero-order chi connectivity index (χ0) is 13.1. The van der Waals surface area contributed by atoms with Gasteiger partial charge in [-0.2, -0.15) is 0 Å². The van der Waals surface area contributed by atoms with Crippen molar-refractivity contribution in [2.24, 2.45) is 5.41 Å². The molecular formula is C10H15NO6. The fourth-order valence-corrected chi connectivity index (χ4v) is 2.21. The Kier molecular flexibility index (Phi) is 4.06. The molecular weight excluding hydrogens is 230 g/mol. The zero-order valence-corrected chi connectivity index (χ0v) is 9.51. The second-order valence-corrected chi connectivity index (χ2v) is 4.16. The Labute approximate surface area is 98.0 Å². The highest BCUT2D eigenvalue weighted by Gasteiger charge is 2.49. The molecule has 0 aromatic rings. The standard InChI is InChI=1S/C8H13NO2.C2H2O4/c1-11-7(10)8-2-4-9(6-8)5-3-8;3-1(4)2(5)6/h2-6H2,1H3;(H,3,4)(H,5,6). The van der Waals surface area contributed by atoms with Crippen molar-refractivity contribution in [2.45, 2.75) is 12.8 Å².